The van der Waals surface area contributed by atoms with Crippen LogP contribution in [0, 0.1) is 23.7 Å². The minimum absolute atomic E-state index is 0.0752. The highest BCUT2D eigenvalue weighted by Crippen LogP contribution is 2.54. The predicted molar refractivity (Wildman–Crippen MR) is 130 cm³/mol. The molecule has 1 amide bonds. The second-order valence-electron chi connectivity index (χ2n) is 10.2. The quantitative estimate of drug-likeness (QED) is 0.670. The van der Waals surface area contributed by atoms with Gasteiger partial charge < -0.3 is 5.32 Å². The van der Waals surface area contributed by atoms with Gasteiger partial charge in [-0.05, 0) is 53.9 Å². The van der Waals surface area contributed by atoms with Crippen molar-refractivity contribution in [3.8, 4) is 0 Å². The van der Waals surface area contributed by atoms with E-state index < -0.39 is 5.54 Å². The van der Waals surface area contributed by atoms with Gasteiger partial charge in [0.15, 0.2) is 5.54 Å². The Bertz CT molecular complexity index is 1010. The summed E-state index contributed by atoms with van der Waals surface area (Å²) in [6.07, 6.45) is 4.15. The van der Waals surface area contributed by atoms with Gasteiger partial charge in [-0.15, -0.1) is 0 Å². The van der Waals surface area contributed by atoms with Gasteiger partial charge in [-0.2, -0.15) is 0 Å². The highest BCUT2D eigenvalue weighted by molar-refractivity contribution is 6.30. The number of hydrogen-bond acceptors (Lipinski definition) is 3. The first-order valence-corrected chi connectivity index (χ1v) is 12.2. The molecule has 3 heterocycles. The Morgan fingerprint density at radius 3 is 2.72 bits per heavy atom. The van der Waals surface area contributed by atoms with E-state index in [1.54, 1.807) is 0 Å². The number of amides is 1. The number of hydrogen-bond donors (Lipinski definition) is 1. The number of halogens is 1. The molecule has 2 fully saturated rings. The van der Waals surface area contributed by atoms with Crippen LogP contribution in [0.5, 0.6) is 0 Å². The Morgan fingerprint density at radius 1 is 1.19 bits per heavy atom. The standard InChI is InChI=1S/C27H32ClN3O/c1-18(2)16-31-17-22-13-21-15-30-27(22,25(31)24(21)12-19-7-4-3-5-8-19)26(32)29-14-20-9-6-10-23(28)11-20/h3-11,15,18,21-22,24-25H,12-14,16-17H2,1-2H3,(H,29,32)/t21-,22-,24+,25?,27-/m0/s1. The Hall–Kier alpha value is -2.17. The van der Waals surface area contributed by atoms with Crippen LogP contribution in [0.25, 0.3) is 0 Å². The van der Waals surface area contributed by atoms with Crippen molar-refractivity contribution in [3.05, 3.63) is 70.7 Å². The Balaban J connectivity index is 1.44. The Morgan fingerprint density at radius 2 is 1.97 bits per heavy atom. The summed E-state index contributed by atoms with van der Waals surface area (Å²) in [5, 5.41) is 3.93. The van der Waals surface area contributed by atoms with Gasteiger partial charge in [0, 0.05) is 42.8 Å². The fourth-order valence-corrected chi connectivity index (χ4v) is 6.59. The average molecular weight is 450 g/mol. The van der Waals surface area contributed by atoms with Crippen molar-refractivity contribution in [1.82, 2.24) is 10.2 Å². The molecule has 168 valence electrons. The van der Waals surface area contributed by atoms with Gasteiger partial charge in [0.1, 0.15) is 0 Å². The summed E-state index contributed by atoms with van der Waals surface area (Å²) in [5.74, 6) is 1.77. The Kier molecular flexibility index (Phi) is 5.85. The van der Waals surface area contributed by atoms with Crippen molar-refractivity contribution >= 4 is 23.7 Å². The molecular formula is C27H32ClN3O. The van der Waals surface area contributed by atoms with E-state index in [4.69, 9.17) is 16.6 Å². The molecule has 4 bridgehead atoms. The van der Waals surface area contributed by atoms with Crippen LogP contribution < -0.4 is 5.32 Å². The molecule has 4 nitrogen and oxygen atoms in total. The molecule has 5 heteroatoms. The molecule has 6 rings (SSSR count). The number of rotatable bonds is 7. The molecule has 4 aliphatic rings. The third-order valence-corrected chi connectivity index (χ3v) is 7.77. The average Bonchev–Trinajstić information content (AvgIpc) is 3.03. The molecule has 1 saturated carbocycles. The lowest BCUT2D eigenvalue weighted by molar-refractivity contribution is -0.132. The summed E-state index contributed by atoms with van der Waals surface area (Å²) in [5.41, 5.74) is 1.69. The van der Waals surface area contributed by atoms with Gasteiger partial charge in [0.05, 0.1) is 0 Å². The summed E-state index contributed by atoms with van der Waals surface area (Å²) < 4.78 is 0. The third kappa shape index (κ3) is 3.78. The second-order valence-corrected chi connectivity index (χ2v) is 10.6. The molecule has 0 aromatic heterocycles. The van der Waals surface area contributed by atoms with E-state index in [2.05, 4.69) is 60.6 Å². The van der Waals surface area contributed by atoms with E-state index in [0.717, 1.165) is 31.5 Å². The number of benzene rings is 2. The first kappa shape index (κ1) is 21.7. The Labute approximate surface area is 196 Å². The van der Waals surface area contributed by atoms with Crippen LogP contribution in [-0.2, 0) is 17.8 Å². The zero-order valence-electron chi connectivity index (χ0n) is 18.9. The SMILES string of the molecule is CC(C)CN1C[C@@H]2C[C@H]3C=N[C@]2(C(=O)NCc2cccc(Cl)c2)C1[C@@H]3Cc1ccccc1. The van der Waals surface area contributed by atoms with Crippen LogP contribution >= 0.6 is 11.6 Å². The summed E-state index contributed by atoms with van der Waals surface area (Å²) in [4.78, 5) is 21.4. The number of likely N-dealkylation sites (tertiary alicyclic amines) is 1. The molecule has 1 unspecified atom stereocenters. The number of carbonyl (C=O) groups excluding carboxylic acids is 1. The molecule has 5 atom stereocenters. The van der Waals surface area contributed by atoms with Crippen LogP contribution in [0.2, 0.25) is 5.02 Å². The second kappa shape index (κ2) is 8.64. The van der Waals surface area contributed by atoms with Crippen molar-refractivity contribution in [2.75, 3.05) is 13.1 Å². The first-order chi connectivity index (χ1) is 15.5. The van der Waals surface area contributed by atoms with Crippen LogP contribution in [0.1, 0.15) is 31.4 Å². The summed E-state index contributed by atoms with van der Waals surface area (Å²) in [7, 11) is 0. The van der Waals surface area contributed by atoms with E-state index in [1.807, 2.05) is 24.3 Å². The lowest BCUT2D eigenvalue weighted by Gasteiger charge is -2.51. The van der Waals surface area contributed by atoms with E-state index in [0.29, 0.717) is 29.3 Å². The summed E-state index contributed by atoms with van der Waals surface area (Å²) >= 11 is 6.15. The zero-order valence-corrected chi connectivity index (χ0v) is 19.6. The van der Waals surface area contributed by atoms with Crippen molar-refractivity contribution in [1.29, 1.82) is 0 Å². The molecule has 2 aromatic rings. The molecular weight excluding hydrogens is 418 g/mol. The number of aliphatic imine (C=N–C) groups is 1. The lowest BCUT2D eigenvalue weighted by Crippen LogP contribution is -2.66. The van der Waals surface area contributed by atoms with Gasteiger partial charge in [-0.1, -0.05) is 67.9 Å². The third-order valence-electron chi connectivity index (χ3n) is 7.53. The van der Waals surface area contributed by atoms with Crippen LogP contribution in [0.15, 0.2) is 59.6 Å². The van der Waals surface area contributed by atoms with Crippen molar-refractivity contribution in [3.63, 3.8) is 0 Å². The van der Waals surface area contributed by atoms with Crippen molar-refractivity contribution < 1.29 is 4.79 Å². The highest BCUT2D eigenvalue weighted by atomic mass is 35.5. The van der Waals surface area contributed by atoms with Crippen LogP contribution in [0.4, 0.5) is 0 Å². The lowest BCUT2D eigenvalue weighted by atomic mass is 9.59. The van der Waals surface area contributed by atoms with Crippen molar-refractivity contribution in [2.45, 2.75) is 44.8 Å². The molecule has 1 saturated heterocycles. The molecule has 0 radical (unpaired) electrons. The topological polar surface area (TPSA) is 44.7 Å². The van der Waals surface area contributed by atoms with Crippen molar-refractivity contribution in [2.24, 2.45) is 28.7 Å². The van der Waals surface area contributed by atoms with Gasteiger partial charge >= 0.3 is 0 Å². The van der Waals surface area contributed by atoms with Gasteiger partial charge in [-0.25, -0.2) is 0 Å². The smallest absolute Gasteiger partial charge is 0.250 e. The van der Waals surface area contributed by atoms with E-state index in [1.165, 1.54) is 5.56 Å². The summed E-state index contributed by atoms with van der Waals surface area (Å²) in [6, 6.07) is 18.6. The van der Waals surface area contributed by atoms with Gasteiger partial charge in [0.25, 0.3) is 0 Å². The molecule has 0 spiro atoms. The van der Waals surface area contributed by atoms with E-state index in [-0.39, 0.29) is 17.9 Å². The maximum Gasteiger partial charge on any atom is 0.250 e. The molecule has 2 aromatic carbocycles. The molecule has 3 aliphatic heterocycles. The largest absolute Gasteiger partial charge is 0.350 e. The van der Waals surface area contributed by atoms with E-state index >= 15 is 0 Å². The number of carbonyl (C=O) groups is 1. The minimum atomic E-state index is -0.679. The predicted octanol–water partition coefficient (Wildman–Crippen LogP) is 4.61. The monoisotopic (exact) mass is 449 g/mol. The fourth-order valence-electron chi connectivity index (χ4n) is 6.37. The first-order valence-electron chi connectivity index (χ1n) is 11.8. The van der Waals surface area contributed by atoms with Crippen LogP contribution in [0.3, 0.4) is 0 Å². The number of nitrogens with zero attached hydrogens (tertiary/aromatic N) is 2. The fraction of sp³-hybridized carbons (Fsp3) is 0.481. The minimum Gasteiger partial charge on any atom is -0.350 e. The maximum absolute atomic E-state index is 13.8. The normalized spacial score (nSPS) is 30.8. The van der Waals surface area contributed by atoms with E-state index in [9.17, 15) is 4.79 Å². The van der Waals surface area contributed by atoms with Gasteiger partial charge in [0.2, 0.25) is 5.91 Å². The summed E-state index contributed by atoms with van der Waals surface area (Å²) in [6.45, 7) is 6.99. The molecule has 32 heavy (non-hydrogen) atoms. The molecule has 1 N–H and O–H groups in total. The zero-order chi connectivity index (χ0) is 22.3. The van der Waals surface area contributed by atoms with Gasteiger partial charge in [-0.3, -0.25) is 14.7 Å². The number of nitrogens with one attached hydrogen (secondary N) is 1. The molecule has 1 aliphatic carbocycles. The maximum atomic E-state index is 13.8. The highest BCUT2D eigenvalue weighted by Gasteiger charge is 2.67. The van der Waals surface area contributed by atoms with Crippen LogP contribution in [-0.4, -0.2) is 41.7 Å².